The van der Waals surface area contributed by atoms with Crippen LogP contribution in [0.3, 0.4) is 0 Å². The fourth-order valence-electron chi connectivity index (χ4n) is 2.55. The molecule has 0 aromatic heterocycles. The summed E-state index contributed by atoms with van der Waals surface area (Å²) < 4.78 is 5.66. The maximum atomic E-state index is 12.5. The number of amides is 2. The largest absolute Gasteiger partial charge is 0.487 e. The van der Waals surface area contributed by atoms with Crippen LogP contribution < -0.4 is 0 Å². The zero-order valence-electron chi connectivity index (χ0n) is 13.5. The second-order valence-electron chi connectivity index (χ2n) is 5.46. The summed E-state index contributed by atoms with van der Waals surface area (Å²) in [5.41, 5.74) is 0.953. The first kappa shape index (κ1) is 17.2. The number of rotatable bonds is 9. The molecule has 1 N–H and O–H groups in total. The summed E-state index contributed by atoms with van der Waals surface area (Å²) in [4.78, 5) is 26.0. The Hall–Kier alpha value is -2.14. The summed E-state index contributed by atoms with van der Waals surface area (Å²) >= 11 is 0. The van der Waals surface area contributed by atoms with Gasteiger partial charge in [0.15, 0.2) is 5.76 Å². The summed E-state index contributed by atoms with van der Waals surface area (Å²) in [5.74, 6) is -0.761. The summed E-state index contributed by atoms with van der Waals surface area (Å²) in [6.07, 6.45) is 4.13. The summed E-state index contributed by atoms with van der Waals surface area (Å²) in [6, 6.07) is 9.04. The monoisotopic (exact) mass is 317 g/mol. The van der Waals surface area contributed by atoms with E-state index in [4.69, 9.17) is 9.84 Å². The minimum Gasteiger partial charge on any atom is -0.487 e. The number of ether oxygens (including phenoxy) is 1. The highest BCUT2D eigenvalue weighted by atomic mass is 16.5. The molecular formula is C18H23NO4. The van der Waals surface area contributed by atoms with E-state index in [9.17, 15) is 9.59 Å². The number of carbonyl (C=O) groups excluding carboxylic acids is 2. The molecule has 1 aromatic carbocycles. The number of carbonyl (C=O) groups is 2. The quantitative estimate of drug-likeness (QED) is 0.561. The Bertz CT molecular complexity index is 580. The van der Waals surface area contributed by atoms with Gasteiger partial charge in [0.1, 0.15) is 0 Å². The molecular weight excluding hydrogens is 294 g/mol. The lowest BCUT2D eigenvalue weighted by Gasteiger charge is -2.12. The maximum Gasteiger partial charge on any atom is 0.296 e. The molecule has 0 radical (unpaired) electrons. The molecule has 0 spiro atoms. The van der Waals surface area contributed by atoms with E-state index in [1.807, 2.05) is 18.2 Å². The molecule has 1 aromatic rings. The number of β-amino-alcohol motifs (C(OH)–C–C–N with tert-alkyl or cyclic N) is 1. The Morgan fingerprint density at radius 1 is 1.04 bits per heavy atom. The standard InChI is InChI=1S/C18H23NO4/c1-2-3-4-8-13-23-16-15(14-9-6-5-7-10-14)17(21)19(11-12-20)18(16)22/h5-7,9-10,20H,2-4,8,11-13H2,1H3. The first-order chi connectivity index (χ1) is 11.2. The Kier molecular flexibility index (Phi) is 6.35. The molecule has 0 saturated carbocycles. The molecule has 0 unspecified atom stereocenters. The molecule has 1 heterocycles. The number of imide groups is 1. The lowest BCUT2D eigenvalue weighted by Crippen LogP contribution is -2.34. The highest BCUT2D eigenvalue weighted by Crippen LogP contribution is 2.30. The average Bonchev–Trinajstić information content (AvgIpc) is 2.80. The zero-order valence-corrected chi connectivity index (χ0v) is 13.5. The van der Waals surface area contributed by atoms with Gasteiger partial charge in [-0.15, -0.1) is 0 Å². The van der Waals surface area contributed by atoms with Crippen LogP contribution in [-0.4, -0.2) is 41.6 Å². The van der Waals surface area contributed by atoms with Gasteiger partial charge >= 0.3 is 0 Å². The third kappa shape index (κ3) is 3.99. The van der Waals surface area contributed by atoms with Crippen LogP contribution in [0, 0.1) is 0 Å². The fraction of sp³-hybridized carbons (Fsp3) is 0.444. The highest BCUT2D eigenvalue weighted by molar-refractivity contribution is 6.35. The number of nitrogens with zero attached hydrogens (tertiary/aromatic N) is 1. The predicted molar refractivity (Wildman–Crippen MR) is 87.3 cm³/mol. The van der Waals surface area contributed by atoms with Crippen molar-refractivity contribution in [2.45, 2.75) is 32.6 Å². The molecule has 0 bridgehead atoms. The molecule has 0 saturated heterocycles. The first-order valence-electron chi connectivity index (χ1n) is 8.10. The normalized spacial score (nSPS) is 14.8. The molecule has 1 aliphatic heterocycles. The van der Waals surface area contributed by atoms with Crippen molar-refractivity contribution in [3.05, 3.63) is 41.7 Å². The van der Waals surface area contributed by atoms with E-state index in [0.717, 1.165) is 30.6 Å². The van der Waals surface area contributed by atoms with Gasteiger partial charge in [0.2, 0.25) is 0 Å². The van der Waals surface area contributed by atoms with Crippen LogP contribution in [0.15, 0.2) is 36.1 Å². The summed E-state index contributed by atoms with van der Waals surface area (Å²) in [5, 5.41) is 9.07. The van der Waals surface area contributed by atoms with Crippen molar-refractivity contribution in [2.75, 3.05) is 19.8 Å². The van der Waals surface area contributed by atoms with E-state index in [2.05, 4.69) is 6.92 Å². The Morgan fingerprint density at radius 2 is 1.78 bits per heavy atom. The maximum absolute atomic E-state index is 12.5. The van der Waals surface area contributed by atoms with Crippen molar-refractivity contribution in [1.82, 2.24) is 4.90 Å². The summed E-state index contributed by atoms with van der Waals surface area (Å²) in [7, 11) is 0. The first-order valence-corrected chi connectivity index (χ1v) is 8.10. The smallest absolute Gasteiger partial charge is 0.296 e. The fourth-order valence-corrected chi connectivity index (χ4v) is 2.55. The van der Waals surface area contributed by atoms with Crippen molar-refractivity contribution >= 4 is 17.4 Å². The number of aliphatic hydroxyl groups is 1. The van der Waals surface area contributed by atoms with Crippen LogP contribution in [0.5, 0.6) is 0 Å². The Morgan fingerprint density at radius 3 is 2.43 bits per heavy atom. The lowest BCUT2D eigenvalue weighted by molar-refractivity contribution is -0.139. The van der Waals surface area contributed by atoms with Gasteiger partial charge in [-0.25, -0.2) is 0 Å². The number of unbranched alkanes of at least 4 members (excludes halogenated alkanes) is 3. The Balaban J connectivity index is 2.20. The van der Waals surface area contributed by atoms with E-state index in [-0.39, 0.29) is 18.9 Å². The zero-order chi connectivity index (χ0) is 16.7. The van der Waals surface area contributed by atoms with Gasteiger partial charge in [-0.05, 0) is 12.0 Å². The van der Waals surface area contributed by atoms with Crippen LogP contribution in [0.2, 0.25) is 0 Å². The minimum absolute atomic E-state index is 0.0172. The van der Waals surface area contributed by atoms with Gasteiger partial charge in [-0.1, -0.05) is 56.5 Å². The second kappa shape index (κ2) is 8.48. The van der Waals surface area contributed by atoms with Gasteiger partial charge in [0, 0.05) is 0 Å². The van der Waals surface area contributed by atoms with E-state index in [0.29, 0.717) is 17.7 Å². The van der Waals surface area contributed by atoms with Crippen LogP contribution in [-0.2, 0) is 14.3 Å². The number of hydrogen-bond donors (Lipinski definition) is 1. The van der Waals surface area contributed by atoms with Crippen molar-refractivity contribution < 1.29 is 19.4 Å². The van der Waals surface area contributed by atoms with Gasteiger partial charge in [-0.3, -0.25) is 14.5 Å². The predicted octanol–water partition coefficient (Wildman–Crippen LogP) is 2.36. The average molecular weight is 317 g/mol. The molecule has 5 heteroatoms. The number of hydrogen-bond acceptors (Lipinski definition) is 4. The highest BCUT2D eigenvalue weighted by Gasteiger charge is 2.40. The SMILES string of the molecule is CCCCCCOC1=C(c2ccccc2)C(=O)N(CCO)C1=O. The van der Waals surface area contributed by atoms with Crippen molar-refractivity contribution in [2.24, 2.45) is 0 Å². The molecule has 23 heavy (non-hydrogen) atoms. The van der Waals surface area contributed by atoms with Gasteiger partial charge in [0.05, 0.1) is 25.3 Å². The third-order valence-corrected chi connectivity index (χ3v) is 3.76. The van der Waals surface area contributed by atoms with E-state index in [1.54, 1.807) is 12.1 Å². The minimum atomic E-state index is -0.460. The number of aliphatic hydroxyl groups excluding tert-OH is 1. The summed E-state index contributed by atoms with van der Waals surface area (Å²) in [6.45, 7) is 2.26. The van der Waals surface area contributed by atoms with E-state index in [1.165, 1.54) is 0 Å². The molecule has 2 rings (SSSR count). The molecule has 124 valence electrons. The van der Waals surface area contributed by atoms with Crippen LogP contribution >= 0.6 is 0 Å². The molecule has 2 amide bonds. The van der Waals surface area contributed by atoms with Crippen molar-refractivity contribution in [3.63, 3.8) is 0 Å². The van der Waals surface area contributed by atoms with Gasteiger partial charge in [0.25, 0.3) is 11.8 Å². The van der Waals surface area contributed by atoms with Crippen LogP contribution in [0.1, 0.15) is 38.2 Å². The lowest BCUT2D eigenvalue weighted by atomic mass is 10.1. The molecule has 1 aliphatic rings. The second-order valence-corrected chi connectivity index (χ2v) is 5.46. The topological polar surface area (TPSA) is 66.8 Å². The van der Waals surface area contributed by atoms with E-state index >= 15 is 0 Å². The van der Waals surface area contributed by atoms with Crippen molar-refractivity contribution in [3.8, 4) is 0 Å². The molecule has 0 atom stereocenters. The molecule has 0 fully saturated rings. The molecule has 0 aliphatic carbocycles. The Labute approximate surface area is 136 Å². The van der Waals surface area contributed by atoms with Crippen LogP contribution in [0.4, 0.5) is 0 Å². The van der Waals surface area contributed by atoms with Gasteiger partial charge < -0.3 is 9.84 Å². The van der Waals surface area contributed by atoms with Crippen molar-refractivity contribution in [1.29, 1.82) is 0 Å². The third-order valence-electron chi connectivity index (χ3n) is 3.76. The molecule has 5 nitrogen and oxygen atoms in total. The number of benzene rings is 1. The van der Waals surface area contributed by atoms with Crippen LogP contribution in [0.25, 0.3) is 5.57 Å². The van der Waals surface area contributed by atoms with E-state index < -0.39 is 11.8 Å². The van der Waals surface area contributed by atoms with Gasteiger partial charge in [-0.2, -0.15) is 0 Å².